The van der Waals surface area contributed by atoms with E-state index < -0.39 is 12.1 Å². The third-order valence-corrected chi connectivity index (χ3v) is 14.0. The third-order valence-electron chi connectivity index (χ3n) is 12.3. The highest BCUT2D eigenvalue weighted by Gasteiger charge is 2.29. The Hall–Kier alpha value is -5.99. The first-order valence-electron chi connectivity index (χ1n) is 21.4. The largest absolute Gasteiger partial charge is 0.496 e. The minimum absolute atomic E-state index is 0.0290. The van der Waals surface area contributed by atoms with Gasteiger partial charge < -0.3 is 24.2 Å². The first kappa shape index (κ1) is 43.3. The van der Waals surface area contributed by atoms with Gasteiger partial charge in [-0.25, -0.2) is 29.1 Å². The maximum Gasteiger partial charge on any atom is 0.345 e. The summed E-state index contributed by atoms with van der Waals surface area (Å²) in [5.41, 5.74) is 7.24. The molecule has 3 aliphatic heterocycles. The smallest absolute Gasteiger partial charge is 0.345 e. The van der Waals surface area contributed by atoms with E-state index in [-0.39, 0.29) is 24.7 Å². The molecule has 1 N–H and O–H groups in total. The molecule has 1 fully saturated rings. The van der Waals surface area contributed by atoms with Gasteiger partial charge in [-0.3, -0.25) is 4.90 Å². The number of carboxylic acid groups (broad SMARTS) is 1. The molecular weight excluding hydrogens is 851 g/mol. The summed E-state index contributed by atoms with van der Waals surface area (Å²) in [5.74, 6) is 0.875. The monoisotopic (exact) mass is 898 g/mol. The number of ether oxygens (including phenoxy) is 3. The van der Waals surface area contributed by atoms with E-state index in [1.807, 2.05) is 49.4 Å². The van der Waals surface area contributed by atoms with Gasteiger partial charge in [0.25, 0.3) is 0 Å². The number of aliphatic carboxylic acids is 1. The number of halogens is 2. The molecule has 0 aliphatic carbocycles. The number of likely N-dealkylation sites (tertiary alicyclic amines) is 1. The molecule has 10 rings (SSSR count). The van der Waals surface area contributed by atoms with Crippen molar-refractivity contribution >= 4 is 39.1 Å². The molecule has 328 valence electrons. The number of benzene rings is 4. The van der Waals surface area contributed by atoms with E-state index >= 15 is 0 Å². The van der Waals surface area contributed by atoms with Crippen LogP contribution < -0.4 is 14.2 Å². The van der Waals surface area contributed by atoms with Crippen molar-refractivity contribution in [2.45, 2.75) is 58.4 Å². The molecule has 1 saturated heterocycles. The molecule has 4 bridgehead atoms. The van der Waals surface area contributed by atoms with Crippen LogP contribution in [0.4, 0.5) is 4.39 Å². The maximum absolute atomic E-state index is 14.3. The van der Waals surface area contributed by atoms with Crippen LogP contribution in [0, 0.1) is 18.7 Å². The average Bonchev–Trinajstić information content (AvgIpc) is 3.70. The van der Waals surface area contributed by atoms with Gasteiger partial charge in [0.15, 0.2) is 5.82 Å². The highest BCUT2D eigenvalue weighted by atomic mass is 35.5. The molecule has 0 saturated carbocycles. The molecule has 14 heteroatoms. The lowest BCUT2D eigenvalue weighted by Crippen LogP contribution is -2.32. The van der Waals surface area contributed by atoms with Crippen LogP contribution in [0.2, 0.25) is 5.02 Å². The zero-order chi connectivity index (χ0) is 44.3. The predicted octanol–water partition coefficient (Wildman–Crippen LogP) is 10.3. The minimum atomic E-state index is -1.37. The van der Waals surface area contributed by atoms with Gasteiger partial charge in [-0.05, 0) is 129 Å². The summed E-state index contributed by atoms with van der Waals surface area (Å²) in [4.78, 5) is 38.0. The Labute approximate surface area is 380 Å². The lowest BCUT2D eigenvalue weighted by Gasteiger charge is -2.31. The number of carbonyl (C=O) groups is 1. The van der Waals surface area contributed by atoms with Crippen LogP contribution in [-0.2, 0) is 30.9 Å². The number of hydrogen-bond acceptors (Lipinski definition) is 11. The molecule has 1 atom stereocenters. The van der Waals surface area contributed by atoms with Gasteiger partial charge in [-0.1, -0.05) is 60.1 Å². The van der Waals surface area contributed by atoms with Crippen LogP contribution in [0.25, 0.3) is 43.2 Å². The van der Waals surface area contributed by atoms with Crippen LogP contribution in [0.15, 0.2) is 97.5 Å². The second-order valence-electron chi connectivity index (χ2n) is 16.6. The van der Waals surface area contributed by atoms with Gasteiger partial charge in [0.1, 0.15) is 35.1 Å². The fourth-order valence-corrected chi connectivity index (χ4v) is 10.1. The second-order valence-corrected chi connectivity index (χ2v) is 18.0. The fourth-order valence-electron chi connectivity index (χ4n) is 8.75. The molecule has 3 aromatic heterocycles. The van der Waals surface area contributed by atoms with Crippen LogP contribution in [0.5, 0.6) is 17.4 Å². The third kappa shape index (κ3) is 9.30. The molecule has 0 spiro atoms. The molecule has 3 aliphatic rings. The van der Waals surface area contributed by atoms with Gasteiger partial charge in [0, 0.05) is 41.2 Å². The molecule has 11 nitrogen and oxygen atoms in total. The number of para-hydroxylation sites is 1. The van der Waals surface area contributed by atoms with Gasteiger partial charge in [-0.2, -0.15) is 0 Å². The van der Waals surface area contributed by atoms with Crippen molar-refractivity contribution in [1.82, 2.24) is 29.7 Å². The number of hydrogen-bond donors (Lipinski definition) is 1. The summed E-state index contributed by atoms with van der Waals surface area (Å²) < 4.78 is 32.9. The zero-order valence-corrected chi connectivity index (χ0v) is 37.5. The SMILES string of the molecule is COc1ccccc1-c1nccc(COc2ccc3cc2C[C@H](C(=O)O)Oc2ncnc4sc(-c5ccc(F)cc5)c(c24)-c2ccc(c(Cl)c2C)CN(CCC2CCN(C)CC2)C3)n1. The van der Waals surface area contributed by atoms with Crippen molar-refractivity contribution in [3.8, 4) is 50.3 Å². The number of piperidine rings is 1. The Kier molecular flexibility index (Phi) is 12.8. The molecule has 4 aromatic carbocycles. The molecule has 7 aromatic rings. The molecule has 6 heterocycles. The summed E-state index contributed by atoms with van der Waals surface area (Å²) in [7, 11) is 3.79. The number of aromatic nitrogens is 4. The molecular formula is C50H48ClFN6O5S. The van der Waals surface area contributed by atoms with Crippen LogP contribution in [-0.4, -0.2) is 80.7 Å². The number of rotatable bonds is 10. The van der Waals surface area contributed by atoms with Crippen LogP contribution in [0.3, 0.4) is 0 Å². The molecule has 0 radical (unpaired) electrons. The zero-order valence-electron chi connectivity index (χ0n) is 35.9. The number of methoxy groups -OCH3 is 1. The second kappa shape index (κ2) is 19.0. The number of nitrogens with zero attached hydrogens (tertiary/aromatic N) is 6. The lowest BCUT2D eigenvalue weighted by atomic mass is 9.93. The average molecular weight is 899 g/mol. The topological polar surface area (TPSA) is 123 Å². The standard InChI is InChI=1S/C50H48ClFN6O5S/c1-30-38-14-11-34(45(30)51)27-58(23-19-31-17-21-57(2)22-18-31)26-32-8-15-40(62-28-37-16-20-53-47(56-37)39-6-4-5-7-41(39)61-3)35(24-32)25-42(50(59)60)63-48-44-43(38)46(64-49(44)55-29-54-48)33-9-12-36(52)13-10-33/h4-16,20,24,29,31,42H,17-19,21-23,25-28H2,1-3H3,(H,59,60)/t42-/m1/s1. The van der Waals surface area contributed by atoms with Gasteiger partial charge in [-0.15, -0.1) is 11.3 Å². The Morgan fingerprint density at radius 3 is 2.56 bits per heavy atom. The first-order chi connectivity index (χ1) is 31.1. The van der Waals surface area contributed by atoms with Crippen molar-refractivity contribution in [1.29, 1.82) is 0 Å². The summed E-state index contributed by atoms with van der Waals surface area (Å²) in [5, 5.41) is 12.1. The van der Waals surface area contributed by atoms with Crippen molar-refractivity contribution in [3.05, 3.63) is 136 Å². The maximum atomic E-state index is 14.3. The predicted molar refractivity (Wildman–Crippen MR) is 247 cm³/mol. The van der Waals surface area contributed by atoms with Crippen LogP contribution >= 0.6 is 22.9 Å². The summed E-state index contributed by atoms with van der Waals surface area (Å²) in [6.45, 7) is 6.34. The first-order valence-corrected chi connectivity index (χ1v) is 22.6. The number of thiophene rings is 1. The highest BCUT2D eigenvalue weighted by Crippen LogP contribution is 2.49. The summed E-state index contributed by atoms with van der Waals surface area (Å²) >= 11 is 8.79. The normalized spacial score (nSPS) is 16.2. The number of carboxylic acids is 1. The Balaban J connectivity index is 1.14. The fraction of sp³-hybridized carbons (Fsp3) is 0.300. The van der Waals surface area contributed by atoms with Crippen LogP contribution in [0.1, 0.15) is 47.2 Å². The van der Waals surface area contributed by atoms with Gasteiger partial charge >= 0.3 is 5.97 Å². The molecule has 0 unspecified atom stereocenters. The van der Waals surface area contributed by atoms with E-state index in [9.17, 15) is 14.3 Å². The quantitative estimate of drug-likeness (QED) is 0.141. The highest BCUT2D eigenvalue weighted by molar-refractivity contribution is 7.22. The Morgan fingerprint density at radius 1 is 0.953 bits per heavy atom. The van der Waals surface area contributed by atoms with Gasteiger partial charge in [0.2, 0.25) is 12.0 Å². The van der Waals surface area contributed by atoms with E-state index in [2.05, 4.69) is 43.9 Å². The number of fused-ring (bicyclic) bond motifs is 6. The Morgan fingerprint density at radius 2 is 1.77 bits per heavy atom. The van der Waals surface area contributed by atoms with E-state index in [1.54, 1.807) is 31.5 Å². The Bertz CT molecular complexity index is 2820. The van der Waals surface area contributed by atoms with Crippen molar-refractivity contribution in [2.75, 3.05) is 33.8 Å². The van der Waals surface area contributed by atoms with E-state index in [0.29, 0.717) is 62.8 Å². The van der Waals surface area contributed by atoms with E-state index in [4.69, 9.17) is 30.8 Å². The minimum Gasteiger partial charge on any atom is -0.496 e. The van der Waals surface area contributed by atoms with E-state index in [1.165, 1.54) is 29.8 Å². The molecule has 64 heavy (non-hydrogen) atoms. The lowest BCUT2D eigenvalue weighted by molar-refractivity contribution is -0.145. The van der Waals surface area contributed by atoms with Crippen molar-refractivity contribution in [3.63, 3.8) is 0 Å². The molecule has 0 amide bonds. The van der Waals surface area contributed by atoms with Crippen molar-refractivity contribution < 1.29 is 28.5 Å². The summed E-state index contributed by atoms with van der Waals surface area (Å²) in [6.07, 6.45) is 5.04. The van der Waals surface area contributed by atoms with Gasteiger partial charge in [0.05, 0.1) is 23.8 Å². The summed E-state index contributed by atoms with van der Waals surface area (Å²) in [6, 6.07) is 25.8. The van der Waals surface area contributed by atoms with E-state index in [0.717, 1.165) is 82.7 Å². The van der Waals surface area contributed by atoms with Crippen molar-refractivity contribution in [2.24, 2.45) is 5.92 Å².